The molecule has 2 aromatic heterocycles. The average molecular weight is 272 g/mol. The molecule has 1 aliphatic rings. The lowest BCUT2D eigenvalue weighted by Crippen LogP contribution is -2.44. The fourth-order valence-electron chi connectivity index (χ4n) is 3.10. The van der Waals surface area contributed by atoms with Crippen molar-refractivity contribution in [2.75, 3.05) is 27.2 Å². The van der Waals surface area contributed by atoms with E-state index in [1.54, 1.807) is 0 Å². The number of pyridine rings is 1. The Morgan fingerprint density at radius 2 is 2.20 bits per heavy atom. The highest BCUT2D eigenvalue weighted by Gasteiger charge is 2.21. The number of piperidine rings is 1. The lowest BCUT2D eigenvalue weighted by Gasteiger charge is -2.35. The van der Waals surface area contributed by atoms with Crippen molar-refractivity contribution >= 4 is 5.65 Å². The van der Waals surface area contributed by atoms with Crippen LogP contribution in [0.2, 0.25) is 0 Å². The van der Waals surface area contributed by atoms with Gasteiger partial charge in [0.25, 0.3) is 0 Å². The first-order valence-corrected chi connectivity index (χ1v) is 7.46. The lowest BCUT2D eigenvalue weighted by molar-refractivity contribution is 0.127. The molecule has 0 spiro atoms. The highest BCUT2D eigenvalue weighted by Crippen LogP contribution is 2.17. The molecule has 0 bridgehead atoms. The van der Waals surface area contributed by atoms with Gasteiger partial charge in [-0.3, -0.25) is 4.90 Å². The molecule has 1 saturated heterocycles. The van der Waals surface area contributed by atoms with Crippen LogP contribution >= 0.6 is 0 Å². The van der Waals surface area contributed by atoms with Crippen molar-refractivity contribution in [1.82, 2.24) is 19.2 Å². The molecule has 0 unspecified atom stereocenters. The maximum absolute atomic E-state index is 4.75. The zero-order valence-corrected chi connectivity index (χ0v) is 12.7. The van der Waals surface area contributed by atoms with Crippen LogP contribution in [0.4, 0.5) is 0 Å². The highest BCUT2D eigenvalue weighted by atomic mass is 15.2. The summed E-state index contributed by atoms with van der Waals surface area (Å²) in [4.78, 5) is 9.63. The fraction of sp³-hybridized carbons (Fsp3) is 0.562. The molecular weight excluding hydrogens is 248 g/mol. The summed E-state index contributed by atoms with van der Waals surface area (Å²) >= 11 is 0. The Labute approximate surface area is 121 Å². The molecule has 1 aliphatic heterocycles. The van der Waals surface area contributed by atoms with Gasteiger partial charge in [-0.2, -0.15) is 0 Å². The van der Waals surface area contributed by atoms with E-state index in [4.69, 9.17) is 4.98 Å². The zero-order valence-electron chi connectivity index (χ0n) is 12.7. The third-order valence-corrected chi connectivity index (χ3v) is 4.34. The molecule has 1 atom stereocenters. The predicted molar refractivity (Wildman–Crippen MR) is 81.9 cm³/mol. The van der Waals surface area contributed by atoms with E-state index >= 15 is 0 Å². The van der Waals surface area contributed by atoms with Gasteiger partial charge in [0.05, 0.1) is 5.69 Å². The number of fused-ring (bicyclic) bond motifs is 1. The first-order chi connectivity index (χ1) is 9.63. The number of nitrogens with zero attached hydrogens (tertiary/aromatic N) is 4. The Morgan fingerprint density at radius 1 is 1.35 bits per heavy atom. The van der Waals surface area contributed by atoms with Gasteiger partial charge in [0.1, 0.15) is 5.65 Å². The summed E-state index contributed by atoms with van der Waals surface area (Å²) < 4.78 is 2.18. The molecule has 0 saturated carbocycles. The van der Waals surface area contributed by atoms with Crippen molar-refractivity contribution in [2.45, 2.75) is 32.4 Å². The van der Waals surface area contributed by atoms with E-state index < -0.39 is 0 Å². The van der Waals surface area contributed by atoms with E-state index in [-0.39, 0.29) is 0 Å². The van der Waals surface area contributed by atoms with Gasteiger partial charge >= 0.3 is 0 Å². The van der Waals surface area contributed by atoms with Gasteiger partial charge < -0.3 is 9.30 Å². The molecule has 4 heteroatoms. The SMILES string of the molecule is Cc1cccc2nc(CN3CCC[C@@H](N(C)C)C3)cn12. The molecule has 4 nitrogen and oxygen atoms in total. The van der Waals surface area contributed by atoms with Gasteiger partial charge in [-0.1, -0.05) is 6.07 Å². The van der Waals surface area contributed by atoms with E-state index in [0.29, 0.717) is 6.04 Å². The standard InChI is InChI=1S/C16H24N4/c1-13-6-4-8-16-17-14(11-20(13)16)10-19-9-5-7-15(12-19)18(2)3/h4,6,8,11,15H,5,7,9-10,12H2,1-3H3/t15-/m1/s1. The minimum atomic E-state index is 0.683. The molecule has 3 heterocycles. The van der Waals surface area contributed by atoms with Crippen LogP contribution in [0.25, 0.3) is 5.65 Å². The number of aryl methyl sites for hydroxylation is 1. The molecular formula is C16H24N4. The number of likely N-dealkylation sites (tertiary alicyclic amines) is 1. The molecule has 1 fully saturated rings. The molecule has 0 aliphatic carbocycles. The van der Waals surface area contributed by atoms with Crippen LogP contribution < -0.4 is 0 Å². The maximum Gasteiger partial charge on any atom is 0.137 e. The first-order valence-electron chi connectivity index (χ1n) is 7.46. The summed E-state index contributed by atoms with van der Waals surface area (Å²) in [5.74, 6) is 0. The maximum atomic E-state index is 4.75. The van der Waals surface area contributed by atoms with Gasteiger partial charge in [-0.15, -0.1) is 0 Å². The lowest BCUT2D eigenvalue weighted by atomic mass is 10.0. The Morgan fingerprint density at radius 3 is 2.95 bits per heavy atom. The molecule has 2 aromatic rings. The third kappa shape index (κ3) is 2.72. The first kappa shape index (κ1) is 13.6. The fourth-order valence-corrected chi connectivity index (χ4v) is 3.10. The van der Waals surface area contributed by atoms with Gasteiger partial charge in [0, 0.05) is 31.0 Å². The minimum Gasteiger partial charge on any atom is -0.305 e. The number of aromatic nitrogens is 2. The van der Waals surface area contributed by atoms with Crippen molar-refractivity contribution in [3.63, 3.8) is 0 Å². The zero-order chi connectivity index (χ0) is 14.1. The van der Waals surface area contributed by atoms with Gasteiger partial charge in [0.15, 0.2) is 0 Å². The van der Waals surface area contributed by atoms with Crippen LogP contribution in [0.5, 0.6) is 0 Å². The average Bonchev–Trinajstić information content (AvgIpc) is 2.83. The van der Waals surface area contributed by atoms with E-state index in [2.05, 4.69) is 59.6 Å². The van der Waals surface area contributed by atoms with Crippen LogP contribution in [0.15, 0.2) is 24.4 Å². The monoisotopic (exact) mass is 272 g/mol. The molecule has 0 N–H and O–H groups in total. The van der Waals surface area contributed by atoms with Crippen LogP contribution in [-0.4, -0.2) is 52.4 Å². The van der Waals surface area contributed by atoms with Crippen LogP contribution in [0, 0.1) is 6.92 Å². The van der Waals surface area contributed by atoms with Crippen molar-refractivity contribution in [2.24, 2.45) is 0 Å². The van der Waals surface area contributed by atoms with Crippen molar-refractivity contribution in [3.8, 4) is 0 Å². The predicted octanol–water partition coefficient (Wildman–Crippen LogP) is 2.17. The quantitative estimate of drug-likeness (QED) is 0.855. The van der Waals surface area contributed by atoms with Gasteiger partial charge in [-0.05, 0) is 52.5 Å². The molecule has 0 aromatic carbocycles. The van der Waals surface area contributed by atoms with E-state index in [1.165, 1.54) is 30.8 Å². The topological polar surface area (TPSA) is 23.8 Å². The van der Waals surface area contributed by atoms with Crippen molar-refractivity contribution < 1.29 is 0 Å². The van der Waals surface area contributed by atoms with Gasteiger partial charge in [0.2, 0.25) is 0 Å². The van der Waals surface area contributed by atoms with Crippen molar-refractivity contribution in [1.29, 1.82) is 0 Å². The van der Waals surface area contributed by atoms with Crippen LogP contribution in [0.3, 0.4) is 0 Å². The summed E-state index contributed by atoms with van der Waals surface area (Å²) in [7, 11) is 4.37. The van der Waals surface area contributed by atoms with Crippen LogP contribution in [-0.2, 0) is 6.54 Å². The normalized spacial score (nSPS) is 20.9. The summed E-state index contributed by atoms with van der Waals surface area (Å²) in [6.45, 7) is 5.43. The molecule has 0 amide bonds. The summed E-state index contributed by atoms with van der Waals surface area (Å²) in [6, 6.07) is 6.96. The minimum absolute atomic E-state index is 0.683. The smallest absolute Gasteiger partial charge is 0.137 e. The molecule has 0 radical (unpaired) electrons. The van der Waals surface area contributed by atoms with Crippen molar-refractivity contribution in [3.05, 3.63) is 35.8 Å². The Bertz CT molecular complexity index is 587. The number of imidazole rings is 1. The molecule has 3 rings (SSSR count). The Kier molecular flexibility index (Phi) is 3.76. The highest BCUT2D eigenvalue weighted by molar-refractivity contribution is 5.41. The number of likely N-dealkylation sites (N-methyl/N-ethyl adjacent to an activating group) is 1. The Balaban J connectivity index is 1.74. The second-order valence-electron chi connectivity index (χ2n) is 6.12. The van der Waals surface area contributed by atoms with E-state index in [0.717, 1.165) is 18.7 Å². The van der Waals surface area contributed by atoms with E-state index in [9.17, 15) is 0 Å². The second-order valence-corrected chi connectivity index (χ2v) is 6.12. The van der Waals surface area contributed by atoms with Gasteiger partial charge in [-0.25, -0.2) is 4.98 Å². The summed E-state index contributed by atoms with van der Waals surface area (Å²) in [6.07, 6.45) is 4.78. The van der Waals surface area contributed by atoms with Crippen LogP contribution in [0.1, 0.15) is 24.2 Å². The van der Waals surface area contributed by atoms with E-state index in [1.807, 2.05) is 0 Å². The largest absolute Gasteiger partial charge is 0.305 e. The number of rotatable bonds is 3. The molecule has 108 valence electrons. The number of hydrogen-bond donors (Lipinski definition) is 0. The summed E-state index contributed by atoms with van der Waals surface area (Å²) in [5, 5.41) is 0. The molecule has 20 heavy (non-hydrogen) atoms. The Hall–Kier alpha value is -1.39. The third-order valence-electron chi connectivity index (χ3n) is 4.34. The number of hydrogen-bond acceptors (Lipinski definition) is 3. The second kappa shape index (κ2) is 5.54. The summed E-state index contributed by atoms with van der Waals surface area (Å²) in [5.41, 5.74) is 3.48.